The Morgan fingerprint density at radius 1 is 2.29 bits per heavy atom. The molecule has 7 heavy (non-hydrogen) atoms. The lowest BCUT2D eigenvalue weighted by molar-refractivity contribution is -0.211. The second-order valence-electron chi connectivity index (χ2n) is 0.787. The SMILES string of the molecule is [2H]B(O)/N=C(/[O-])C=C. The van der Waals surface area contributed by atoms with E-state index in [1.165, 1.54) is 0 Å². The van der Waals surface area contributed by atoms with Gasteiger partial charge in [0, 0.05) is 1.34 Å². The molecule has 0 fully saturated rings. The van der Waals surface area contributed by atoms with Crippen LogP contribution in [0.4, 0.5) is 0 Å². The summed E-state index contributed by atoms with van der Waals surface area (Å²) in [6.07, 6.45) is 0.928. The summed E-state index contributed by atoms with van der Waals surface area (Å²) < 4.78 is 6.33. The lowest BCUT2D eigenvalue weighted by atomic mass is 10.3. The van der Waals surface area contributed by atoms with Gasteiger partial charge in [0.15, 0.2) is 0 Å². The van der Waals surface area contributed by atoms with Crippen LogP contribution in [0.2, 0.25) is 0 Å². The van der Waals surface area contributed by atoms with Crippen LogP contribution < -0.4 is 5.11 Å². The maximum Gasteiger partial charge on any atom is 0.412 e. The first-order chi connectivity index (χ1) is 3.66. The maximum absolute atomic E-state index is 10.1. The van der Waals surface area contributed by atoms with Crippen molar-refractivity contribution in [2.24, 2.45) is 4.90 Å². The third kappa shape index (κ3) is 3.05. The van der Waals surface area contributed by atoms with Crippen LogP contribution in [0, 0.1) is 0 Å². The average Bonchev–Trinajstić information content (AvgIpc) is 1.65. The van der Waals surface area contributed by atoms with Crippen LogP contribution in [0.25, 0.3) is 0 Å². The van der Waals surface area contributed by atoms with Gasteiger partial charge >= 0.3 is 7.58 Å². The quantitative estimate of drug-likeness (QED) is 0.252. The van der Waals surface area contributed by atoms with Crippen LogP contribution in [-0.2, 0) is 0 Å². The average molecular weight is 98.9 g/mol. The second kappa shape index (κ2) is 3.43. The molecule has 0 aromatic heterocycles. The van der Waals surface area contributed by atoms with Crippen molar-refractivity contribution < 1.29 is 10.1 Å². The first-order valence-corrected chi connectivity index (χ1v) is 1.64. The van der Waals surface area contributed by atoms with E-state index in [0.717, 1.165) is 6.08 Å². The van der Waals surface area contributed by atoms with Crippen molar-refractivity contribution in [2.45, 2.75) is 0 Å². The van der Waals surface area contributed by atoms with E-state index in [2.05, 4.69) is 11.5 Å². The zero-order valence-electron chi connectivity index (χ0n) is 4.66. The van der Waals surface area contributed by atoms with Crippen molar-refractivity contribution >= 4 is 13.5 Å². The van der Waals surface area contributed by atoms with Crippen LogP contribution in [0.1, 0.15) is 0 Å². The minimum Gasteiger partial charge on any atom is -0.860 e. The van der Waals surface area contributed by atoms with Crippen molar-refractivity contribution in [1.29, 1.82) is 1.34 Å². The van der Waals surface area contributed by atoms with Gasteiger partial charge in [-0.1, -0.05) is 12.7 Å². The molecule has 0 radical (unpaired) electrons. The molecule has 0 bridgehead atoms. The molecule has 0 atom stereocenters. The highest BCUT2D eigenvalue weighted by molar-refractivity contribution is 6.26. The summed E-state index contributed by atoms with van der Waals surface area (Å²) in [6.45, 7) is 3.08. The lowest BCUT2D eigenvalue weighted by Crippen LogP contribution is -2.14. The monoisotopic (exact) mass is 99.0 g/mol. The van der Waals surface area contributed by atoms with Gasteiger partial charge < -0.3 is 15.0 Å². The summed E-state index contributed by atoms with van der Waals surface area (Å²) in [5.41, 5.74) is 0. The number of hydrogen-bond donors (Lipinski definition) is 1. The van der Waals surface area contributed by atoms with Gasteiger partial charge in [-0.15, -0.1) is 0 Å². The Bertz CT molecular complexity index is 114. The topological polar surface area (TPSA) is 55.7 Å². The molecule has 4 heteroatoms. The largest absolute Gasteiger partial charge is 0.860 e. The van der Waals surface area contributed by atoms with E-state index in [-0.39, 0.29) is 0 Å². The van der Waals surface area contributed by atoms with Crippen LogP contribution >= 0.6 is 0 Å². The number of hydrogen-bond acceptors (Lipinski definition) is 3. The minimum absolute atomic E-state index is 0.674. The summed E-state index contributed by atoms with van der Waals surface area (Å²) in [6, 6.07) is 0. The summed E-state index contributed by atoms with van der Waals surface area (Å²) >= 11 is 0. The van der Waals surface area contributed by atoms with Crippen LogP contribution in [0.5, 0.6) is 0 Å². The first kappa shape index (κ1) is 4.40. The van der Waals surface area contributed by atoms with E-state index in [1.54, 1.807) is 0 Å². The van der Waals surface area contributed by atoms with Gasteiger partial charge in [-0.2, -0.15) is 0 Å². The van der Waals surface area contributed by atoms with Gasteiger partial charge in [0.1, 0.15) is 0 Å². The van der Waals surface area contributed by atoms with E-state index in [1.807, 2.05) is 0 Å². The van der Waals surface area contributed by atoms with Crippen molar-refractivity contribution in [3.8, 4) is 0 Å². The van der Waals surface area contributed by atoms with Crippen molar-refractivity contribution in [2.75, 3.05) is 0 Å². The Balaban J connectivity index is 3.74. The second-order valence-corrected chi connectivity index (χ2v) is 0.787. The number of nitrogens with zero attached hydrogens (tertiary/aromatic N) is 1. The van der Waals surface area contributed by atoms with Crippen molar-refractivity contribution in [1.82, 2.24) is 0 Å². The Labute approximate surface area is 43.7 Å². The third-order valence-corrected chi connectivity index (χ3v) is 0.360. The molecule has 0 rings (SSSR count). The third-order valence-electron chi connectivity index (χ3n) is 0.360. The van der Waals surface area contributed by atoms with Gasteiger partial charge in [0.05, 0.1) is 0 Å². The van der Waals surface area contributed by atoms with Crippen molar-refractivity contribution in [3.63, 3.8) is 0 Å². The van der Waals surface area contributed by atoms with E-state index < -0.39 is 13.5 Å². The van der Waals surface area contributed by atoms with E-state index in [9.17, 15) is 5.11 Å². The standard InChI is InChI=1S/C3H6BNO2/c1-2-3(6)5-4-7/h2,4,7H,1H2,(H,5,6)/p-1/i4D. The zero-order chi connectivity index (χ0) is 6.57. The Kier molecular flexibility index (Phi) is 2.15. The molecule has 0 aliphatic rings. The van der Waals surface area contributed by atoms with Crippen LogP contribution in [0.3, 0.4) is 0 Å². The fourth-order valence-corrected chi connectivity index (χ4v) is 0.110. The molecule has 0 saturated heterocycles. The predicted molar refractivity (Wildman–Crippen MR) is 27.0 cm³/mol. The molecule has 38 valence electrons. The Morgan fingerprint density at radius 3 is 3.00 bits per heavy atom. The maximum atomic E-state index is 10.1. The zero-order valence-corrected chi connectivity index (χ0v) is 3.66. The number of rotatable bonds is 2. The van der Waals surface area contributed by atoms with Gasteiger partial charge in [0.25, 0.3) is 0 Å². The molecular formula is C3H5BNO2-. The smallest absolute Gasteiger partial charge is 0.412 e. The fraction of sp³-hybridized carbons (Fsp3) is 0. The highest BCUT2D eigenvalue weighted by Crippen LogP contribution is 1.62. The lowest BCUT2D eigenvalue weighted by Gasteiger charge is -1.98. The van der Waals surface area contributed by atoms with Crippen molar-refractivity contribution in [3.05, 3.63) is 12.7 Å². The van der Waals surface area contributed by atoms with Gasteiger partial charge in [-0.05, 0) is 5.90 Å². The van der Waals surface area contributed by atoms with Crippen LogP contribution in [0.15, 0.2) is 17.6 Å². The molecule has 1 N–H and O–H groups in total. The molecule has 0 aromatic carbocycles. The summed E-state index contributed by atoms with van der Waals surface area (Å²) in [7, 11) is -1.67. The Hall–Kier alpha value is -0.765. The minimum atomic E-state index is -1.67. The first-order valence-electron chi connectivity index (χ1n) is 2.22. The van der Waals surface area contributed by atoms with Gasteiger partial charge in [-0.25, -0.2) is 0 Å². The summed E-state index contributed by atoms with van der Waals surface area (Å²) in [5.74, 6) is -0.674. The van der Waals surface area contributed by atoms with E-state index in [0.29, 0.717) is 0 Å². The highest BCUT2D eigenvalue weighted by Gasteiger charge is 1.69. The molecule has 0 aromatic rings. The highest BCUT2D eigenvalue weighted by atomic mass is 16.3. The van der Waals surface area contributed by atoms with Gasteiger partial charge in [0.2, 0.25) is 0 Å². The molecular weight excluding hydrogens is 92.8 g/mol. The molecule has 0 saturated carbocycles. The van der Waals surface area contributed by atoms with Crippen LogP contribution in [-0.4, -0.2) is 19.8 Å². The molecule has 0 aliphatic heterocycles. The van der Waals surface area contributed by atoms with Gasteiger partial charge in [-0.3, -0.25) is 0 Å². The fourth-order valence-electron chi connectivity index (χ4n) is 0.110. The molecule has 0 amide bonds. The normalized spacial score (nSPS) is 12.7. The van der Waals surface area contributed by atoms with E-state index in [4.69, 9.17) is 6.36 Å². The molecule has 0 spiro atoms. The summed E-state index contributed by atoms with van der Waals surface area (Å²) in [4.78, 5) is 2.86. The molecule has 0 unspecified atom stereocenters. The molecule has 3 nitrogen and oxygen atoms in total. The predicted octanol–water partition coefficient (Wildman–Crippen LogP) is -1.81. The molecule has 0 aliphatic carbocycles. The summed E-state index contributed by atoms with van der Waals surface area (Å²) in [5, 5.41) is 18.1. The Morgan fingerprint density at radius 2 is 2.86 bits per heavy atom. The molecule has 0 heterocycles. The van der Waals surface area contributed by atoms with E-state index >= 15 is 0 Å².